The van der Waals surface area contributed by atoms with Crippen molar-refractivity contribution in [3.05, 3.63) is 195 Å². The molecule has 3 aromatic heterocycles. The topological polar surface area (TPSA) is 208 Å². The van der Waals surface area contributed by atoms with Crippen LogP contribution in [0.5, 0.6) is 0 Å². The number of hydrogen-bond acceptors (Lipinski definition) is 11. The lowest BCUT2D eigenvalue weighted by Gasteiger charge is -2.27. The van der Waals surface area contributed by atoms with E-state index in [4.69, 9.17) is 0 Å². The highest BCUT2D eigenvalue weighted by Gasteiger charge is 2.34. The fourth-order valence-corrected chi connectivity index (χ4v) is 13.6. The van der Waals surface area contributed by atoms with Crippen LogP contribution in [0.25, 0.3) is 112 Å². The van der Waals surface area contributed by atoms with Crippen LogP contribution in [0, 0.1) is 97.6 Å². The van der Waals surface area contributed by atoms with Crippen molar-refractivity contribution >= 4 is 91.5 Å². The van der Waals surface area contributed by atoms with Crippen LogP contribution in [0.2, 0.25) is 0 Å². The van der Waals surface area contributed by atoms with Gasteiger partial charge in [0.2, 0.25) is 0 Å². The maximum absolute atomic E-state index is 11.3. The van der Waals surface area contributed by atoms with E-state index < -0.39 is 0 Å². The van der Waals surface area contributed by atoms with Crippen molar-refractivity contribution < 1.29 is 0 Å². The van der Waals surface area contributed by atoms with Gasteiger partial charge >= 0.3 is 0 Å². The number of benzene rings is 9. The van der Waals surface area contributed by atoms with Crippen LogP contribution in [0.15, 0.2) is 145 Å². The molecule has 352 valence electrons. The van der Waals surface area contributed by atoms with Crippen LogP contribution >= 0.6 is 22.7 Å². The second-order valence-electron chi connectivity index (χ2n) is 18.3. The van der Waals surface area contributed by atoms with E-state index in [-0.39, 0.29) is 73.3 Å². The molecule has 0 bridgehead atoms. The van der Waals surface area contributed by atoms with Crippen LogP contribution < -0.4 is 0 Å². The van der Waals surface area contributed by atoms with Crippen LogP contribution in [0.1, 0.15) is 55.6 Å². The standard InChI is InChI=1S/C65H30N10S2/c1-35-17-45(75-52-12-6-3-9-47(52)50-25-56-51(24-53(50)75)48-10-4-7-13-54(48)76-56)15-16-46(35)60-63(59-43(33-73)22-38(28-68)23-44(59)34-74-2)64(58-41(31-71)20-37(27-67)21-42(58)32-72)62(61-49-11-5-8-14-55(49)77-65(60)61)57-39(29-69)18-36(26-66)19-40(57)30-70/h3-25H,2,34H2,1H3. The van der Waals surface area contributed by atoms with Gasteiger partial charge < -0.3 is 4.57 Å². The fourth-order valence-electron chi connectivity index (χ4n) is 11.2. The third-order valence-corrected chi connectivity index (χ3v) is 16.6. The molecule has 0 unspecified atom stereocenters. The summed E-state index contributed by atoms with van der Waals surface area (Å²) in [7, 11) is 0. The maximum Gasteiger partial charge on any atom is 0.0999 e. The van der Waals surface area contributed by atoms with Gasteiger partial charge in [0.15, 0.2) is 0 Å². The van der Waals surface area contributed by atoms with Gasteiger partial charge in [-0.25, -0.2) is 0 Å². The first kappa shape index (κ1) is 46.9. The number of aromatic nitrogens is 1. The highest BCUT2D eigenvalue weighted by Crippen LogP contribution is 2.58. The van der Waals surface area contributed by atoms with Crippen molar-refractivity contribution in [3.63, 3.8) is 0 Å². The third-order valence-electron chi connectivity index (χ3n) is 14.2. The first-order valence-corrected chi connectivity index (χ1v) is 25.5. The third kappa shape index (κ3) is 7.10. The summed E-state index contributed by atoms with van der Waals surface area (Å²) >= 11 is 3.22. The minimum absolute atomic E-state index is 0.0319. The molecule has 77 heavy (non-hydrogen) atoms. The molecule has 0 atom stereocenters. The van der Waals surface area contributed by atoms with Gasteiger partial charge in [0, 0.05) is 95.7 Å². The van der Waals surface area contributed by atoms with Gasteiger partial charge in [0.25, 0.3) is 0 Å². The van der Waals surface area contributed by atoms with Crippen molar-refractivity contribution in [1.29, 1.82) is 42.1 Å². The van der Waals surface area contributed by atoms with Gasteiger partial charge in [-0.3, -0.25) is 4.99 Å². The molecule has 12 heteroatoms. The molecule has 0 radical (unpaired) electrons. The normalized spacial score (nSPS) is 10.9. The van der Waals surface area contributed by atoms with Gasteiger partial charge in [-0.2, -0.15) is 42.1 Å². The van der Waals surface area contributed by atoms with E-state index in [1.54, 1.807) is 17.4 Å². The van der Waals surface area contributed by atoms with Gasteiger partial charge in [0.1, 0.15) is 0 Å². The Morgan fingerprint density at radius 3 is 1.53 bits per heavy atom. The van der Waals surface area contributed by atoms with E-state index in [2.05, 4.69) is 125 Å². The van der Waals surface area contributed by atoms with Crippen molar-refractivity contribution in [2.45, 2.75) is 13.5 Å². The smallest absolute Gasteiger partial charge is 0.0999 e. The number of aliphatic imine (C=N–C) groups is 1. The van der Waals surface area contributed by atoms with Crippen LogP contribution in [0.4, 0.5) is 0 Å². The Balaban J connectivity index is 1.32. The lowest BCUT2D eigenvalue weighted by Crippen LogP contribution is -2.06. The van der Waals surface area contributed by atoms with Gasteiger partial charge in [-0.1, -0.05) is 60.7 Å². The molecule has 0 saturated heterocycles. The lowest BCUT2D eigenvalue weighted by molar-refractivity contribution is 1.08. The summed E-state index contributed by atoms with van der Waals surface area (Å²) in [4.78, 5) is 4.30. The fraction of sp³-hybridized carbons (Fsp3) is 0.0308. The molecule has 12 aromatic rings. The largest absolute Gasteiger partial charge is 0.309 e. The monoisotopic (exact) mass is 1010 g/mol. The maximum atomic E-state index is 11.3. The summed E-state index contributed by atoms with van der Waals surface area (Å²) in [6, 6.07) is 61.7. The molecule has 0 fully saturated rings. The molecule has 3 heterocycles. The van der Waals surface area contributed by atoms with E-state index in [9.17, 15) is 42.1 Å². The van der Waals surface area contributed by atoms with E-state index in [0.717, 1.165) is 48.5 Å². The molecule has 0 aliphatic heterocycles. The second kappa shape index (κ2) is 18.4. The quantitative estimate of drug-likeness (QED) is 0.140. The number of aryl methyl sites for hydroxylation is 1. The van der Waals surface area contributed by atoms with E-state index >= 15 is 0 Å². The summed E-state index contributed by atoms with van der Waals surface area (Å²) in [6.45, 7) is 5.76. The van der Waals surface area contributed by atoms with Crippen LogP contribution in [-0.2, 0) is 6.54 Å². The first-order chi connectivity index (χ1) is 37.7. The van der Waals surface area contributed by atoms with E-state index in [1.165, 1.54) is 56.5 Å². The van der Waals surface area contributed by atoms with Crippen molar-refractivity contribution in [1.82, 2.24) is 4.57 Å². The number of rotatable bonds is 7. The van der Waals surface area contributed by atoms with Crippen molar-refractivity contribution in [2.24, 2.45) is 4.99 Å². The summed E-state index contributed by atoms with van der Waals surface area (Å²) in [5.74, 6) is 0. The molecule has 9 aromatic carbocycles. The zero-order valence-electron chi connectivity index (χ0n) is 40.5. The number of nitrogens with zero attached hydrogens (tertiary/aromatic N) is 10. The highest BCUT2D eigenvalue weighted by atomic mass is 32.1. The summed E-state index contributed by atoms with van der Waals surface area (Å²) in [5.41, 5.74) is 6.89. The summed E-state index contributed by atoms with van der Waals surface area (Å²) in [5, 5.41) is 92.8. The van der Waals surface area contributed by atoms with Crippen LogP contribution in [0.3, 0.4) is 0 Å². The molecule has 0 aliphatic carbocycles. The van der Waals surface area contributed by atoms with Gasteiger partial charge in [0.05, 0.1) is 111 Å². The zero-order valence-corrected chi connectivity index (χ0v) is 42.1. The molecule has 12 rings (SSSR count). The van der Waals surface area contributed by atoms with Crippen molar-refractivity contribution in [2.75, 3.05) is 0 Å². The summed E-state index contributed by atoms with van der Waals surface area (Å²) in [6.07, 6.45) is 0. The minimum atomic E-state index is -0.0794. The average Bonchev–Trinajstić information content (AvgIpc) is 4.38. The predicted molar refractivity (Wildman–Crippen MR) is 304 cm³/mol. The molecular formula is C65H30N10S2. The Hall–Kier alpha value is -11.2. The SMILES string of the molecule is C=NCc1cc(C#N)cc(C#N)c1-c1c(-c2c(C#N)cc(C#N)cc2C#N)c(-c2c(C#N)cc(C#N)cc2C#N)c2c(sc3ccccc32)c1-c1ccc(-n2c3ccccc3c3cc4sc5ccccc5c4cc32)cc1C. The minimum Gasteiger partial charge on any atom is -0.309 e. The Morgan fingerprint density at radius 1 is 0.429 bits per heavy atom. The number of fused-ring (bicyclic) bond motifs is 9. The molecule has 0 N–H and O–H groups in total. The van der Waals surface area contributed by atoms with Crippen LogP contribution in [-0.4, -0.2) is 11.3 Å². The average molecular weight is 1020 g/mol. The molecule has 0 spiro atoms. The van der Waals surface area contributed by atoms with E-state index in [0.29, 0.717) is 37.9 Å². The van der Waals surface area contributed by atoms with Crippen molar-refractivity contribution in [3.8, 4) is 98.7 Å². The highest BCUT2D eigenvalue weighted by molar-refractivity contribution is 7.26. The molecular weight excluding hydrogens is 985 g/mol. The Kier molecular flexibility index (Phi) is 11.2. The first-order valence-electron chi connectivity index (χ1n) is 23.9. The number of nitriles is 8. The zero-order chi connectivity index (χ0) is 53.2. The number of para-hydroxylation sites is 1. The Bertz CT molecular complexity index is 4980. The molecule has 0 aliphatic rings. The lowest BCUT2D eigenvalue weighted by atomic mass is 9.74. The number of hydrogen-bond donors (Lipinski definition) is 0. The Labute approximate surface area is 448 Å². The Morgan fingerprint density at radius 2 is 0.948 bits per heavy atom. The van der Waals surface area contributed by atoms with E-state index in [1.807, 2.05) is 49.4 Å². The second-order valence-corrected chi connectivity index (χ2v) is 20.5. The molecule has 0 amide bonds. The predicted octanol–water partition coefficient (Wildman–Crippen LogP) is 15.7. The summed E-state index contributed by atoms with van der Waals surface area (Å²) < 4.78 is 6.15. The van der Waals surface area contributed by atoms with Gasteiger partial charge in [-0.15, -0.1) is 22.7 Å². The molecule has 10 nitrogen and oxygen atoms in total. The van der Waals surface area contributed by atoms with Gasteiger partial charge in [-0.05, 0) is 109 Å². The molecule has 0 saturated carbocycles. The number of thiophene rings is 2.